The molecule has 0 bridgehead atoms. The number of oxime groups is 1. The van der Waals surface area contributed by atoms with Gasteiger partial charge in [-0.2, -0.15) is 13.2 Å². The number of benzene rings is 1. The molecule has 0 fully saturated rings. The van der Waals surface area contributed by atoms with Crippen LogP contribution in [-0.4, -0.2) is 12.3 Å². The molecule has 1 unspecified atom stereocenters. The normalized spacial score (nSPS) is 13.2. The Morgan fingerprint density at radius 1 is 1.50 bits per heavy atom. The van der Waals surface area contributed by atoms with Gasteiger partial charge in [0, 0.05) is 11.9 Å². The number of nitrogens with zero attached hydrogens (tertiary/aromatic N) is 1. The van der Waals surface area contributed by atoms with Crippen molar-refractivity contribution in [1.82, 2.24) is 0 Å². The molecule has 1 N–H and O–H groups in total. The Kier molecular flexibility index (Phi) is 5.54. The molecule has 0 heterocycles. The lowest BCUT2D eigenvalue weighted by molar-refractivity contribution is -0.137. The van der Waals surface area contributed by atoms with E-state index in [0.717, 1.165) is 18.6 Å². The zero-order valence-corrected chi connectivity index (χ0v) is 11.1. The average molecular weight is 288 g/mol. The lowest BCUT2D eigenvalue weighted by atomic mass is 10.1. The van der Waals surface area contributed by atoms with E-state index in [4.69, 9.17) is 0 Å². The summed E-state index contributed by atoms with van der Waals surface area (Å²) in [5, 5.41) is 5.62. The van der Waals surface area contributed by atoms with Crippen molar-refractivity contribution in [3.63, 3.8) is 0 Å². The number of rotatable bonds is 4. The Bertz CT molecular complexity index is 487. The predicted molar refractivity (Wildman–Crippen MR) is 69.5 cm³/mol. The maximum absolute atomic E-state index is 12.5. The van der Waals surface area contributed by atoms with Gasteiger partial charge in [0.15, 0.2) is 0 Å². The molecule has 0 radical (unpaired) electrons. The molecule has 0 spiro atoms. The van der Waals surface area contributed by atoms with Crippen LogP contribution < -0.4 is 5.32 Å². The van der Waals surface area contributed by atoms with Gasteiger partial charge in [0.1, 0.15) is 0 Å². The van der Waals surface area contributed by atoms with Crippen LogP contribution >= 0.6 is 0 Å². The van der Waals surface area contributed by atoms with Gasteiger partial charge in [-0.25, -0.2) is 4.79 Å². The van der Waals surface area contributed by atoms with E-state index in [9.17, 15) is 18.0 Å². The fraction of sp³-hybridized carbons (Fsp3) is 0.385. The fourth-order valence-corrected chi connectivity index (χ4v) is 1.20. The van der Waals surface area contributed by atoms with Crippen molar-refractivity contribution in [2.75, 3.05) is 5.32 Å². The van der Waals surface area contributed by atoms with Gasteiger partial charge in [-0.3, -0.25) is 10.2 Å². The smallest absolute Gasteiger partial charge is 0.298 e. The second kappa shape index (κ2) is 6.93. The molecule has 0 aliphatic heterocycles. The zero-order chi connectivity index (χ0) is 15.2. The first-order valence-electron chi connectivity index (χ1n) is 6.01. The molecule has 0 saturated heterocycles. The second-order valence-electron chi connectivity index (χ2n) is 4.22. The highest BCUT2D eigenvalue weighted by Crippen LogP contribution is 2.30. The molecule has 1 aromatic rings. The van der Waals surface area contributed by atoms with Gasteiger partial charge in [-0.1, -0.05) is 25.1 Å². The minimum atomic E-state index is -4.46. The molecule has 110 valence electrons. The van der Waals surface area contributed by atoms with Crippen molar-refractivity contribution in [3.05, 3.63) is 29.8 Å². The molecule has 7 heteroatoms. The summed E-state index contributed by atoms with van der Waals surface area (Å²) in [4.78, 5) is 15.8. The van der Waals surface area contributed by atoms with Gasteiger partial charge in [0.2, 0.25) is 0 Å². The van der Waals surface area contributed by atoms with Crippen LogP contribution in [0.4, 0.5) is 23.7 Å². The lowest BCUT2D eigenvalue weighted by Gasteiger charge is -2.08. The number of nitrogens with one attached hydrogen (secondary N) is 1. The summed E-state index contributed by atoms with van der Waals surface area (Å²) in [6.45, 7) is 3.83. The molecule has 1 amide bonds. The monoisotopic (exact) mass is 288 g/mol. The third kappa shape index (κ3) is 5.29. The SMILES string of the molecule is CCC(C)C=NOC(=O)Nc1cccc(C(F)(F)F)c1. The molecule has 0 aliphatic rings. The van der Waals surface area contributed by atoms with Crippen LogP contribution in [-0.2, 0) is 11.0 Å². The minimum absolute atomic E-state index is 0.0106. The molecule has 1 aromatic carbocycles. The summed E-state index contributed by atoms with van der Waals surface area (Å²) in [6, 6.07) is 4.26. The van der Waals surface area contributed by atoms with Gasteiger partial charge in [-0.05, 0) is 30.5 Å². The number of anilines is 1. The van der Waals surface area contributed by atoms with E-state index < -0.39 is 17.8 Å². The minimum Gasteiger partial charge on any atom is -0.298 e. The average Bonchev–Trinajstić information content (AvgIpc) is 2.37. The van der Waals surface area contributed by atoms with Crippen molar-refractivity contribution >= 4 is 18.0 Å². The predicted octanol–water partition coefficient (Wildman–Crippen LogP) is 4.29. The van der Waals surface area contributed by atoms with E-state index in [2.05, 4.69) is 15.3 Å². The summed E-state index contributed by atoms with van der Waals surface area (Å²) in [5.41, 5.74) is -0.859. The maximum Gasteiger partial charge on any atom is 0.437 e. The Hall–Kier alpha value is -2.05. The van der Waals surface area contributed by atoms with Crippen LogP contribution in [0.25, 0.3) is 0 Å². The van der Waals surface area contributed by atoms with E-state index >= 15 is 0 Å². The van der Waals surface area contributed by atoms with E-state index in [0.29, 0.717) is 0 Å². The number of carbonyl (C=O) groups excluding carboxylic acids is 1. The Labute approximate surface area is 114 Å². The van der Waals surface area contributed by atoms with Crippen LogP contribution in [0.2, 0.25) is 0 Å². The van der Waals surface area contributed by atoms with Crippen LogP contribution in [0.1, 0.15) is 25.8 Å². The van der Waals surface area contributed by atoms with Crippen molar-refractivity contribution < 1.29 is 22.8 Å². The summed E-state index contributed by atoms with van der Waals surface area (Å²) in [5.74, 6) is 0.149. The molecular formula is C13H15F3N2O2. The standard InChI is InChI=1S/C13H15F3N2O2/c1-3-9(2)8-17-20-12(19)18-11-6-4-5-10(7-11)13(14,15)16/h4-9H,3H2,1-2H3,(H,18,19). The Morgan fingerprint density at radius 3 is 2.80 bits per heavy atom. The first-order valence-corrected chi connectivity index (χ1v) is 6.01. The van der Waals surface area contributed by atoms with Crippen molar-refractivity contribution in [2.24, 2.45) is 11.1 Å². The Balaban J connectivity index is 2.61. The van der Waals surface area contributed by atoms with Gasteiger partial charge in [0.05, 0.1) is 5.56 Å². The van der Waals surface area contributed by atoms with Crippen LogP contribution in [0.15, 0.2) is 29.4 Å². The number of hydrogen-bond acceptors (Lipinski definition) is 3. The third-order valence-electron chi connectivity index (χ3n) is 2.53. The third-order valence-corrected chi connectivity index (χ3v) is 2.53. The molecule has 1 rings (SSSR count). The molecule has 0 aliphatic carbocycles. The molecule has 20 heavy (non-hydrogen) atoms. The van der Waals surface area contributed by atoms with Crippen molar-refractivity contribution in [2.45, 2.75) is 26.4 Å². The highest BCUT2D eigenvalue weighted by molar-refractivity contribution is 5.84. The number of halogens is 3. The molecule has 1 atom stereocenters. The first kappa shape index (κ1) is 16.0. The van der Waals surface area contributed by atoms with Gasteiger partial charge < -0.3 is 0 Å². The first-order chi connectivity index (χ1) is 9.32. The quantitative estimate of drug-likeness (QED) is 0.510. The second-order valence-corrected chi connectivity index (χ2v) is 4.22. The van der Waals surface area contributed by atoms with Crippen LogP contribution in [0.5, 0.6) is 0 Å². The van der Waals surface area contributed by atoms with Gasteiger partial charge >= 0.3 is 12.3 Å². The van der Waals surface area contributed by atoms with E-state index in [1.165, 1.54) is 18.3 Å². The van der Waals surface area contributed by atoms with Gasteiger partial charge in [-0.15, -0.1) is 0 Å². The zero-order valence-electron chi connectivity index (χ0n) is 11.1. The van der Waals surface area contributed by atoms with E-state index in [-0.39, 0.29) is 11.6 Å². The molecule has 0 saturated carbocycles. The number of alkyl halides is 3. The number of carbonyl (C=O) groups is 1. The van der Waals surface area contributed by atoms with Crippen molar-refractivity contribution in [3.8, 4) is 0 Å². The topological polar surface area (TPSA) is 50.7 Å². The number of hydrogen-bond donors (Lipinski definition) is 1. The summed E-state index contributed by atoms with van der Waals surface area (Å²) >= 11 is 0. The fourth-order valence-electron chi connectivity index (χ4n) is 1.20. The van der Waals surface area contributed by atoms with Crippen LogP contribution in [0.3, 0.4) is 0 Å². The highest BCUT2D eigenvalue weighted by Gasteiger charge is 2.30. The highest BCUT2D eigenvalue weighted by atomic mass is 19.4. The summed E-state index contributed by atoms with van der Waals surface area (Å²) < 4.78 is 37.4. The molecule has 0 aromatic heterocycles. The number of amides is 1. The van der Waals surface area contributed by atoms with E-state index in [1.54, 1.807) is 0 Å². The largest absolute Gasteiger partial charge is 0.437 e. The summed E-state index contributed by atoms with van der Waals surface area (Å²) in [7, 11) is 0. The molecule has 4 nitrogen and oxygen atoms in total. The molecular weight excluding hydrogens is 273 g/mol. The summed E-state index contributed by atoms with van der Waals surface area (Å²) in [6.07, 6.45) is -3.12. The van der Waals surface area contributed by atoms with E-state index in [1.807, 2.05) is 13.8 Å². The van der Waals surface area contributed by atoms with Crippen molar-refractivity contribution in [1.29, 1.82) is 0 Å². The Morgan fingerprint density at radius 2 is 2.20 bits per heavy atom. The maximum atomic E-state index is 12.5. The lowest BCUT2D eigenvalue weighted by Crippen LogP contribution is -2.12. The van der Waals surface area contributed by atoms with Gasteiger partial charge in [0.25, 0.3) is 0 Å². The van der Waals surface area contributed by atoms with Crippen LogP contribution in [0, 0.1) is 5.92 Å².